The van der Waals surface area contributed by atoms with Crippen molar-refractivity contribution in [1.29, 1.82) is 0 Å². The molecule has 2 N–H and O–H groups in total. The van der Waals surface area contributed by atoms with Gasteiger partial charge in [-0.3, -0.25) is 4.79 Å². The van der Waals surface area contributed by atoms with Crippen molar-refractivity contribution in [2.24, 2.45) is 0 Å². The second-order valence-electron chi connectivity index (χ2n) is 3.25. The van der Waals surface area contributed by atoms with Gasteiger partial charge in [0.05, 0.1) is 5.70 Å². The molecule has 88 valence electrons. The van der Waals surface area contributed by atoms with Gasteiger partial charge in [0.2, 0.25) is 5.91 Å². The lowest BCUT2D eigenvalue weighted by Crippen LogP contribution is -2.29. The lowest BCUT2D eigenvalue weighted by molar-refractivity contribution is -0.117. The summed E-state index contributed by atoms with van der Waals surface area (Å²) in [6.07, 6.45) is 9.20. The van der Waals surface area contributed by atoms with Crippen molar-refractivity contribution in [1.82, 2.24) is 25.9 Å². The topological polar surface area (TPSA) is 86.8 Å². The first-order valence-corrected chi connectivity index (χ1v) is 5.18. The average molecular weight is 232 g/mol. The van der Waals surface area contributed by atoms with Crippen LogP contribution in [0.5, 0.6) is 0 Å². The Morgan fingerprint density at radius 3 is 3.06 bits per heavy atom. The Labute approximate surface area is 97.9 Å². The number of hydrogen-bond acceptors (Lipinski definition) is 5. The summed E-state index contributed by atoms with van der Waals surface area (Å²) in [5.74, 6) is 0.139. The Bertz CT molecular complexity index is 473. The van der Waals surface area contributed by atoms with E-state index in [-0.39, 0.29) is 11.9 Å². The molecule has 17 heavy (non-hydrogen) atoms. The van der Waals surface area contributed by atoms with Crippen molar-refractivity contribution in [3.05, 3.63) is 36.3 Å². The first kappa shape index (κ1) is 11.1. The Hall–Kier alpha value is -2.44. The maximum absolute atomic E-state index is 11.9. The molecule has 2 rings (SSSR count). The molecule has 1 aromatic rings. The SMILES string of the molecule is CCC(=O)N(C1=CC=CNC=C1)c1nn[nH]n1. The van der Waals surface area contributed by atoms with Crippen LogP contribution in [-0.4, -0.2) is 26.5 Å². The van der Waals surface area contributed by atoms with E-state index in [0.29, 0.717) is 12.1 Å². The molecule has 0 saturated carbocycles. The molecule has 7 nitrogen and oxygen atoms in total. The van der Waals surface area contributed by atoms with Crippen LogP contribution in [0.1, 0.15) is 13.3 Å². The fourth-order valence-electron chi connectivity index (χ4n) is 1.38. The first-order valence-electron chi connectivity index (χ1n) is 5.18. The van der Waals surface area contributed by atoms with Gasteiger partial charge in [0.1, 0.15) is 0 Å². The van der Waals surface area contributed by atoms with Crippen molar-refractivity contribution in [2.75, 3.05) is 4.90 Å². The van der Waals surface area contributed by atoms with Crippen LogP contribution in [0.4, 0.5) is 5.95 Å². The van der Waals surface area contributed by atoms with Crippen LogP contribution >= 0.6 is 0 Å². The number of anilines is 1. The molecule has 0 fully saturated rings. The Kier molecular flexibility index (Phi) is 3.29. The Balaban J connectivity index is 2.37. The van der Waals surface area contributed by atoms with Crippen molar-refractivity contribution in [3.63, 3.8) is 0 Å². The number of aromatic nitrogens is 4. The highest BCUT2D eigenvalue weighted by molar-refractivity contribution is 5.95. The monoisotopic (exact) mass is 232 g/mol. The van der Waals surface area contributed by atoms with Crippen LogP contribution in [0.2, 0.25) is 0 Å². The van der Waals surface area contributed by atoms with E-state index in [2.05, 4.69) is 25.9 Å². The quantitative estimate of drug-likeness (QED) is 0.790. The third-order valence-corrected chi connectivity index (χ3v) is 2.15. The summed E-state index contributed by atoms with van der Waals surface area (Å²) in [6, 6.07) is 0. The number of aromatic amines is 1. The maximum atomic E-state index is 11.9. The summed E-state index contributed by atoms with van der Waals surface area (Å²) < 4.78 is 0. The van der Waals surface area contributed by atoms with E-state index in [0.717, 1.165) is 0 Å². The molecule has 1 aliphatic heterocycles. The fourth-order valence-corrected chi connectivity index (χ4v) is 1.38. The molecular formula is C10H12N6O. The second-order valence-corrected chi connectivity index (χ2v) is 3.25. The number of nitrogens with zero attached hydrogens (tertiary/aromatic N) is 4. The third kappa shape index (κ3) is 2.39. The van der Waals surface area contributed by atoms with Gasteiger partial charge in [-0.15, -0.1) is 5.10 Å². The number of amides is 1. The number of carbonyl (C=O) groups excluding carboxylic acids is 1. The number of allylic oxidation sites excluding steroid dienone is 3. The summed E-state index contributed by atoms with van der Waals surface area (Å²) in [6.45, 7) is 1.78. The highest BCUT2D eigenvalue weighted by Crippen LogP contribution is 2.16. The molecule has 0 unspecified atom stereocenters. The van der Waals surface area contributed by atoms with E-state index >= 15 is 0 Å². The van der Waals surface area contributed by atoms with Crippen molar-refractivity contribution >= 4 is 11.9 Å². The zero-order chi connectivity index (χ0) is 12.1. The Morgan fingerprint density at radius 1 is 1.47 bits per heavy atom. The molecule has 0 aromatic carbocycles. The second kappa shape index (κ2) is 5.06. The minimum absolute atomic E-state index is 0.0994. The average Bonchev–Trinajstić information content (AvgIpc) is 2.73. The number of tetrazole rings is 1. The van der Waals surface area contributed by atoms with Crippen LogP contribution in [0.15, 0.2) is 36.3 Å². The first-order chi connectivity index (χ1) is 8.33. The van der Waals surface area contributed by atoms with Crippen molar-refractivity contribution in [2.45, 2.75) is 13.3 Å². The van der Waals surface area contributed by atoms with E-state index in [4.69, 9.17) is 0 Å². The molecule has 0 saturated heterocycles. The molecule has 1 aliphatic rings. The smallest absolute Gasteiger partial charge is 0.276 e. The zero-order valence-electron chi connectivity index (χ0n) is 9.29. The highest BCUT2D eigenvalue weighted by atomic mass is 16.2. The predicted octanol–water partition coefficient (Wildman–Crippen LogP) is 0.457. The van der Waals surface area contributed by atoms with Crippen molar-refractivity contribution < 1.29 is 4.79 Å². The highest BCUT2D eigenvalue weighted by Gasteiger charge is 2.20. The van der Waals surface area contributed by atoms with Gasteiger partial charge < -0.3 is 5.32 Å². The summed E-state index contributed by atoms with van der Waals surface area (Å²) in [7, 11) is 0. The lowest BCUT2D eigenvalue weighted by atomic mass is 10.3. The normalized spacial score (nSPS) is 13.8. The summed E-state index contributed by atoms with van der Waals surface area (Å²) in [5.41, 5.74) is 0.680. The van der Waals surface area contributed by atoms with Gasteiger partial charge in [-0.2, -0.15) is 5.21 Å². The molecule has 2 heterocycles. The zero-order valence-corrected chi connectivity index (χ0v) is 9.29. The third-order valence-electron chi connectivity index (χ3n) is 2.15. The Morgan fingerprint density at radius 2 is 2.35 bits per heavy atom. The number of nitrogens with one attached hydrogen (secondary N) is 2. The van der Waals surface area contributed by atoms with Crippen LogP contribution in [0.3, 0.4) is 0 Å². The van der Waals surface area contributed by atoms with Crippen LogP contribution < -0.4 is 10.2 Å². The largest absolute Gasteiger partial charge is 0.368 e. The molecular weight excluding hydrogens is 220 g/mol. The predicted molar refractivity (Wildman–Crippen MR) is 61.5 cm³/mol. The molecule has 1 amide bonds. The van der Waals surface area contributed by atoms with Gasteiger partial charge in [-0.05, 0) is 23.4 Å². The molecule has 7 heteroatoms. The van der Waals surface area contributed by atoms with Crippen LogP contribution in [-0.2, 0) is 4.79 Å². The summed E-state index contributed by atoms with van der Waals surface area (Å²) in [4.78, 5) is 13.3. The lowest BCUT2D eigenvalue weighted by Gasteiger charge is -2.18. The van der Waals surface area contributed by atoms with Crippen molar-refractivity contribution in [3.8, 4) is 0 Å². The number of H-pyrrole nitrogens is 1. The number of carbonyl (C=O) groups is 1. The molecule has 0 bridgehead atoms. The van der Waals surface area contributed by atoms with E-state index < -0.39 is 0 Å². The van der Waals surface area contributed by atoms with E-state index in [9.17, 15) is 4.79 Å². The van der Waals surface area contributed by atoms with E-state index in [1.165, 1.54) is 4.90 Å². The summed E-state index contributed by atoms with van der Waals surface area (Å²) >= 11 is 0. The fraction of sp³-hybridized carbons (Fsp3) is 0.200. The molecule has 0 radical (unpaired) electrons. The summed E-state index contributed by atoms with van der Waals surface area (Å²) in [5, 5.41) is 16.4. The molecule has 0 spiro atoms. The van der Waals surface area contributed by atoms with Gasteiger partial charge in [0.15, 0.2) is 0 Å². The molecule has 1 aromatic heterocycles. The molecule has 0 aliphatic carbocycles. The van der Waals surface area contributed by atoms with Gasteiger partial charge in [-0.25, -0.2) is 4.90 Å². The van der Waals surface area contributed by atoms with Gasteiger partial charge in [-0.1, -0.05) is 12.0 Å². The number of rotatable bonds is 3. The van der Waals surface area contributed by atoms with E-state index in [1.807, 2.05) is 0 Å². The standard InChI is InChI=1S/C10H12N6O/c1-2-9(17)16(10-12-14-15-13-10)8-4-3-6-11-7-5-8/h3-7,11H,2H2,1H3,(H,12,13,14,15). The van der Waals surface area contributed by atoms with Gasteiger partial charge >= 0.3 is 0 Å². The minimum Gasteiger partial charge on any atom is -0.368 e. The minimum atomic E-state index is -0.0994. The number of hydrogen-bond donors (Lipinski definition) is 2. The van der Waals surface area contributed by atoms with Gasteiger partial charge in [0, 0.05) is 18.8 Å². The van der Waals surface area contributed by atoms with Gasteiger partial charge in [0.25, 0.3) is 5.95 Å². The molecule has 0 atom stereocenters. The van der Waals surface area contributed by atoms with E-state index in [1.54, 1.807) is 37.6 Å². The van der Waals surface area contributed by atoms with Crippen LogP contribution in [0.25, 0.3) is 0 Å². The van der Waals surface area contributed by atoms with Crippen LogP contribution in [0, 0.1) is 0 Å². The maximum Gasteiger partial charge on any atom is 0.276 e.